The molecule has 0 aliphatic carbocycles. The van der Waals surface area contributed by atoms with Crippen LogP contribution < -0.4 is 10.1 Å². The van der Waals surface area contributed by atoms with E-state index < -0.39 is 6.10 Å². The highest BCUT2D eigenvalue weighted by atomic mass is 16.5. The number of hydrogen-bond donors (Lipinski definition) is 2. The molecule has 2 atom stereocenters. The van der Waals surface area contributed by atoms with Gasteiger partial charge in [0.25, 0.3) is 0 Å². The van der Waals surface area contributed by atoms with Crippen LogP contribution in [0.5, 0.6) is 5.75 Å². The van der Waals surface area contributed by atoms with Crippen molar-refractivity contribution in [3.63, 3.8) is 0 Å². The molecule has 1 aromatic carbocycles. The summed E-state index contributed by atoms with van der Waals surface area (Å²) in [6.45, 7) is 6.40. The van der Waals surface area contributed by atoms with Crippen LogP contribution in [0.15, 0.2) is 36.9 Å². The molecule has 0 aliphatic rings. The highest BCUT2D eigenvalue weighted by molar-refractivity contribution is 5.30. The Hall–Kier alpha value is -1.32. The van der Waals surface area contributed by atoms with Crippen molar-refractivity contribution in [2.45, 2.75) is 25.5 Å². The van der Waals surface area contributed by atoms with Gasteiger partial charge in [0, 0.05) is 12.6 Å². The third-order valence-electron chi connectivity index (χ3n) is 2.78. The monoisotopic (exact) mass is 235 g/mol. The zero-order valence-corrected chi connectivity index (χ0v) is 10.5. The normalized spacial score (nSPS) is 14.1. The molecule has 3 nitrogen and oxygen atoms in total. The van der Waals surface area contributed by atoms with Crippen molar-refractivity contribution in [3.05, 3.63) is 42.5 Å². The molecule has 2 N–H and O–H groups in total. The molecule has 3 heteroatoms. The van der Waals surface area contributed by atoms with Gasteiger partial charge in [0.15, 0.2) is 0 Å². The van der Waals surface area contributed by atoms with Gasteiger partial charge in [-0.25, -0.2) is 0 Å². The van der Waals surface area contributed by atoms with Gasteiger partial charge in [0.2, 0.25) is 0 Å². The van der Waals surface area contributed by atoms with Gasteiger partial charge in [-0.3, -0.25) is 0 Å². The Bertz CT molecular complexity index is 352. The minimum atomic E-state index is -0.532. The Morgan fingerprint density at radius 3 is 2.88 bits per heavy atom. The lowest BCUT2D eigenvalue weighted by Gasteiger charge is -2.23. The second-order valence-electron chi connectivity index (χ2n) is 3.93. The van der Waals surface area contributed by atoms with Crippen molar-refractivity contribution in [3.8, 4) is 5.75 Å². The van der Waals surface area contributed by atoms with Crippen LogP contribution in [0, 0.1) is 0 Å². The van der Waals surface area contributed by atoms with E-state index in [9.17, 15) is 5.11 Å². The van der Waals surface area contributed by atoms with E-state index >= 15 is 0 Å². The van der Waals surface area contributed by atoms with Crippen molar-refractivity contribution >= 4 is 0 Å². The quantitative estimate of drug-likeness (QED) is 0.712. The van der Waals surface area contributed by atoms with Crippen LogP contribution >= 0.6 is 0 Å². The first-order valence-electron chi connectivity index (χ1n) is 5.89. The third kappa shape index (κ3) is 3.88. The van der Waals surface area contributed by atoms with E-state index in [1.54, 1.807) is 13.2 Å². The second kappa shape index (κ2) is 7.09. The van der Waals surface area contributed by atoms with Crippen molar-refractivity contribution in [2.75, 3.05) is 13.7 Å². The van der Waals surface area contributed by atoms with Gasteiger partial charge in [0.1, 0.15) is 5.75 Å². The van der Waals surface area contributed by atoms with E-state index in [1.807, 2.05) is 31.2 Å². The summed E-state index contributed by atoms with van der Waals surface area (Å²) in [4.78, 5) is 0. The van der Waals surface area contributed by atoms with E-state index in [0.717, 1.165) is 17.7 Å². The van der Waals surface area contributed by atoms with Gasteiger partial charge in [0.05, 0.1) is 13.2 Å². The molecule has 1 aromatic rings. The van der Waals surface area contributed by atoms with Crippen LogP contribution in [0.3, 0.4) is 0 Å². The molecule has 0 bridgehead atoms. The Balaban J connectivity index is 2.77. The SMILES string of the molecule is C=CCNC(CC)C(O)c1cccc(OC)c1. The molecule has 0 fully saturated rings. The Labute approximate surface area is 103 Å². The lowest BCUT2D eigenvalue weighted by atomic mass is 10.00. The van der Waals surface area contributed by atoms with Gasteiger partial charge >= 0.3 is 0 Å². The Morgan fingerprint density at radius 2 is 2.29 bits per heavy atom. The van der Waals surface area contributed by atoms with Crippen LogP contribution in [0.1, 0.15) is 25.0 Å². The molecule has 17 heavy (non-hydrogen) atoms. The highest BCUT2D eigenvalue weighted by Crippen LogP contribution is 2.22. The molecular weight excluding hydrogens is 214 g/mol. The van der Waals surface area contributed by atoms with Gasteiger partial charge < -0.3 is 15.2 Å². The first-order chi connectivity index (χ1) is 8.22. The van der Waals surface area contributed by atoms with Crippen molar-refractivity contribution < 1.29 is 9.84 Å². The summed E-state index contributed by atoms with van der Waals surface area (Å²) in [5, 5.41) is 13.5. The second-order valence-corrected chi connectivity index (χ2v) is 3.93. The molecule has 0 aromatic heterocycles. The average molecular weight is 235 g/mol. The average Bonchev–Trinajstić information content (AvgIpc) is 2.39. The fraction of sp³-hybridized carbons (Fsp3) is 0.429. The maximum absolute atomic E-state index is 10.3. The van der Waals surface area contributed by atoms with Crippen molar-refractivity contribution in [1.82, 2.24) is 5.32 Å². The standard InChI is InChI=1S/C14H21NO2/c1-4-9-15-13(5-2)14(16)11-7-6-8-12(10-11)17-3/h4,6-8,10,13-16H,1,5,9H2,2-3H3. The minimum Gasteiger partial charge on any atom is -0.497 e. The number of methoxy groups -OCH3 is 1. The fourth-order valence-corrected chi connectivity index (χ4v) is 1.77. The smallest absolute Gasteiger partial charge is 0.119 e. The van der Waals surface area contributed by atoms with Gasteiger partial charge in [-0.1, -0.05) is 25.1 Å². The number of nitrogens with one attached hydrogen (secondary N) is 1. The number of ether oxygens (including phenoxy) is 1. The number of rotatable bonds is 7. The van der Waals surface area contributed by atoms with Crippen molar-refractivity contribution in [1.29, 1.82) is 0 Å². The summed E-state index contributed by atoms with van der Waals surface area (Å²) >= 11 is 0. The molecular formula is C14H21NO2. The predicted octanol–water partition coefficient (Wildman–Crippen LogP) is 2.28. The van der Waals surface area contributed by atoms with Crippen LogP contribution in [0.25, 0.3) is 0 Å². The first kappa shape index (κ1) is 13.7. The van der Waals surface area contributed by atoms with Gasteiger partial charge in [-0.15, -0.1) is 6.58 Å². The Morgan fingerprint density at radius 1 is 1.53 bits per heavy atom. The zero-order chi connectivity index (χ0) is 12.7. The molecule has 0 heterocycles. The number of benzene rings is 1. The predicted molar refractivity (Wildman–Crippen MR) is 70.2 cm³/mol. The molecule has 94 valence electrons. The van der Waals surface area contributed by atoms with Gasteiger partial charge in [-0.2, -0.15) is 0 Å². The molecule has 0 amide bonds. The maximum atomic E-state index is 10.3. The van der Waals surface area contributed by atoms with E-state index in [1.165, 1.54) is 0 Å². The van der Waals surface area contributed by atoms with Crippen LogP contribution in [-0.2, 0) is 0 Å². The molecule has 0 saturated heterocycles. The first-order valence-corrected chi connectivity index (χ1v) is 5.89. The summed E-state index contributed by atoms with van der Waals surface area (Å²) in [5.41, 5.74) is 0.868. The summed E-state index contributed by atoms with van der Waals surface area (Å²) in [6.07, 6.45) is 2.11. The van der Waals surface area contributed by atoms with Gasteiger partial charge in [-0.05, 0) is 24.1 Å². The number of hydrogen-bond acceptors (Lipinski definition) is 3. The largest absolute Gasteiger partial charge is 0.497 e. The molecule has 2 unspecified atom stereocenters. The van der Waals surface area contributed by atoms with Crippen LogP contribution in [-0.4, -0.2) is 24.8 Å². The minimum absolute atomic E-state index is 0.0279. The molecule has 0 saturated carbocycles. The molecule has 1 rings (SSSR count). The lowest BCUT2D eigenvalue weighted by molar-refractivity contribution is 0.128. The Kier molecular flexibility index (Phi) is 5.73. The lowest BCUT2D eigenvalue weighted by Crippen LogP contribution is -2.34. The van der Waals surface area contributed by atoms with E-state index in [2.05, 4.69) is 11.9 Å². The maximum Gasteiger partial charge on any atom is 0.119 e. The number of aliphatic hydroxyl groups is 1. The van der Waals surface area contributed by atoms with E-state index in [-0.39, 0.29) is 6.04 Å². The molecule has 0 aliphatic heterocycles. The molecule has 0 spiro atoms. The highest BCUT2D eigenvalue weighted by Gasteiger charge is 2.18. The molecule has 0 radical (unpaired) electrons. The number of aliphatic hydroxyl groups excluding tert-OH is 1. The van der Waals surface area contributed by atoms with E-state index in [4.69, 9.17) is 4.74 Å². The summed E-state index contributed by atoms with van der Waals surface area (Å²) < 4.78 is 5.15. The fourth-order valence-electron chi connectivity index (χ4n) is 1.77. The van der Waals surface area contributed by atoms with Crippen molar-refractivity contribution in [2.24, 2.45) is 0 Å². The summed E-state index contributed by atoms with van der Waals surface area (Å²) in [7, 11) is 1.62. The third-order valence-corrected chi connectivity index (χ3v) is 2.78. The van der Waals surface area contributed by atoms with E-state index in [0.29, 0.717) is 6.54 Å². The van der Waals surface area contributed by atoms with Crippen LogP contribution in [0.4, 0.5) is 0 Å². The summed E-state index contributed by atoms with van der Waals surface area (Å²) in [6, 6.07) is 7.56. The summed E-state index contributed by atoms with van der Waals surface area (Å²) in [5.74, 6) is 0.764. The van der Waals surface area contributed by atoms with Crippen LogP contribution in [0.2, 0.25) is 0 Å². The topological polar surface area (TPSA) is 41.5 Å². The zero-order valence-electron chi connectivity index (χ0n) is 10.5.